The molecule has 0 aliphatic carbocycles. The lowest BCUT2D eigenvalue weighted by atomic mass is 10.1. The van der Waals surface area contributed by atoms with Crippen molar-refractivity contribution in [1.29, 1.82) is 0 Å². The first-order valence-corrected chi connectivity index (χ1v) is 9.42. The van der Waals surface area contributed by atoms with Gasteiger partial charge in [-0.05, 0) is 11.1 Å². The van der Waals surface area contributed by atoms with E-state index in [0.29, 0.717) is 6.54 Å². The summed E-state index contributed by atoms with van der Waals surface area (Å²) in [4.78, 5) is 4.01. The van der Waals surface area contributed by atoms with Crippen LogP contribution in [0, 0.1) is 0 Å². The van der Waals surface area contributed by atoms with Gasteiger partial charge >= 0.3 is 0 Å². The second-order valence-electron chi connectivity index (χ2n) is 5.65. The van der Waals surface area contributed by atoms with E-state index >= 15 is 0 Å². The molecule has 0 unspecified atom stereocenters. The monoisotopic (exact) mass is 356 g/mol. The van der Waals surface area contributed by atoms with Crippen LogP contribution < -0.4 is 9.44 Å². The molecule has 0 fully saturated rings. The van der Waals surface area contributed by atoms with Crippen molar-refractivity contribution in [3.8, 4) is 0 Å². The highest BCUT2D eigenvalue weighted by molar-refractivity contribution is 7.87. The van der Waals surface area contributed by atoms with E-state index < -0.39 is 16.3 Å². The lowest BCUT2D eigenvalue weighted by Crippen LogP contribution is -2.39. The maximum Gasteiger partial charge on any atom is 0.277 e. The molecule has 6 nitrogen and oxygen atoms in total. The zero-order valence-corrected chi connectivity index (χ0v) is 14.4. The molecule has 3 aromatic rings. The molecule has 7 heteroatoms. The van der Waals surface area contributed by atoms with E-state index in [1.165, 1.54) is 0 Å². The summed E-state index contributed by atoms with van der Waals surface area (Å²) in [7, 11) is -3.66. The zero-order chi connectivity index (χ0) is 17.5. The van der Waals surface area contributed by atoms with Crippen molar-refractivity contribution in [2.24, 2.45) is 0 Å². The van der Waals surface area contributed by atoms with Gasteiger partial charge < -0.3 is 4.57 Å². The zero-order valence-electron chi connectivity index (χ0n) is 13.6. The van der Waals surface area contributed by atoms with Gasteiger partial charge in [-0.3, -0.25) is 0 Å². The van der Waals surface area contributed by atoms with Crippen LogP contribution in [-0.4, -0.2) is 18.0 Å². The number of hydrogen-bond acceptors (Lipinski definition) is 3. The van der Waals surface area contributed by atoms with Gasteiger partial charge in [0.15, 0.2) is 0 Å². The van der Waals surface area contributed by atoms with Crippen LogP contribution in [0.3, 0.4) is 0 Å². The second-order valence-corrected chi connectivity index (χ2v) is 7.18. The Kier molecular flexibility index (Phi) is 5.60. The van der Waals surface area contributed by atoms with Gasteiger partial charge in [0.1, 0.15) is 0 Å². The highest BCUT2D eigenvalue weighted by atomic mass is 32.2. The van der Waals surface area contributed by atoms with Crippen LogP contribution in [0.15, 0.2) is 79.4 Å². The van der Waals surface area contributed by atoms with Crippen molar-refractivity contribution in [2.45, 2.75) is 19.1 Å². The Hall–Kier alpha value is -2.48. The molecule has 1 atom stereocenters. The first-order valence-electron chi connectivity index (χ1n) is 7.94. The topological polar surface area (TPSA) is 76.0 Å². The number of imidazole rings is 1. The number of benzene rings is 2. The van der Waals surface area contributed by atoms with E-state index in [0.717, 1.165) is 11.1 Å². The minimum absolute atomic E-state index is 0.239. The SMILES string of the molecule is O=S(=O)(NCc1ccccc1)N[C@H](Cn1ccnc1)c1ccccc1. The summed E-state index contributed by atoms with van der Waals surface area (Å²) in [5.74, 6) is 0. The standard InChI is InChI=1S/C18H20N4O2S/c23-25(24,20-13-16-7-3-1-4-8-16)21-18(14-22-12-11-19-15-22)17-9-5-2-6-10-17/h1-12,15,18,20-21H,13-14H2/t18-/m1/s1. The average molecular weight is 356 g/mol. The van der Waals surface area contributed by atoms with Gasteiger partial charge in [-0.15, -0.1) is 0 Å². The first kappa shape index (κ1) is 17.3. The number of aromatic nitrogens is 2. The molecular formula is C18H20N4O2S. The Morgan fingerprint density at radius 1 is 1.00 bits per heavy atom. The largest absolute Gasteiger partial charge is 0.336 e. The van der Waals surface area contributed by atoms with Crippen LogP contribution in [0.2, 0.25) is 0 Å². The maximum atomic E-state index is 12.5. The van der Waals surface area contributed by atoms with Gasteiger partial charge in [-0.1, -0.05) is 60.7 Å². The molecule has 1 aromatic heterocycles. The van der Waals surface area contributed by atoms with Gasteiger partial charge in [0, 0.05) is 25.5 Å². The molecule has 0 amide bonds. The molecule has 2 N–H and O–H groups in total. The van der Waals surface area contributed by atoms with Gasteiger partial charge in [-0.2, -0.15) is 17.9 Å². The molecule has 130 valence electrons. The Morgan fingerprint density at radius 2 is 1.68 bits per heavy atom. The molecule has 0 saturated heterocycles. The molecule has 25 heavy (non-hydrogen) atoms. The maximum absolute atomic E-state index is 12.5. The lowest BCUT2D eigenvalue weighted by Gasteiger charge is -2.20. The smallest absolute Gasteiger partial charge is 0.277 e. The highest BCUT2D eigenvalue weighted by Gasteiger charge is 2.19. The van der Waals surface area contributed by atoms with E-state index in [-0.39, 0.29) is 6.54 Å². The van der Waals surface area contributed by atoms with Crippen molar-refractivity contribution in [1.82, 2.24) is 19.0 Å². The third-order valence-electron chi connectivity index (χ3n) is 3.76. The Balaban J connectivity index is 1.72. The number of nitrogens with one attached hydrogen (secondary N) is 2. The van der Waals surface area contributed by atoms with Crippen LogP contribution in [0.1, 0.15) is 17.2 Å². The Labute approximate surface area is 147 Å². The summed E-state index contributed by atoms with van der Waals surface area (Å²) in [5.41, 5.74) is 1.79. The van der Waals surface area contributed by atoms with Gasteiger partial charge in [0.25, 0.3) is 10.2 Å². The van der Waals surface area contributed by atoms with E-state index in [1.54, 1.807) is 12.5 Å². The van der Waals surface area contributed by atoms with Crippen LogP contribution in [-0.2, 0) is 23.3 Å². The third kappa shape index (κ3) is 5.25. The number of rotatable bonds is 8. The van der Waals surface area contributed by atoms with E-state index in [1.807, 2.05) is 71.4 Å². The molecule has 2 aromatic carbocycles. The molecular weight excluding hydrogens is 336 g/mol. The summed E-state index contributed by atoms with van der Waals surface area (Å²) in [6, 6.07) is 18.5. The molecule has 0 aliphatic heterocycles. The summed E-state index contributed by atoms with van der Waals surface area (Å²) < 4.78 is 32.1. The first-order chi connectivity index (χ1) is 12.1. The highest BCUT2D eigenvalue weighted by Crippen LogP contribution is 2.16. The fourth-order valence-corrected chi connectivity index (χ4v) is 3.53. The molecule has 0 saturated carbocycles. The normalized spacial score (nSPS) is 12.8. The molecule has 0 radical (unpaired) electrons. The molecule has 0 aliphatic rings. The quantitative estimate of drug-likeness (QED) is 0.650. The predicted octanol–water partition coefficient (Wildman–Crippen LogP) is 2.25. The molecule has 0 spiro atoms. The Morgan fingerprint density at radius 3 is 2.32 bits per heavy atom. The van der Waals surface area contributed by atoms with Gasteiger partial charge in [-0.25, -0.2) is 4.98 Å². The van der Waals surface area contributed by atoms with Crippen LogP contribution in [0.5, 0.6) is 0 Å². The summed E-state index contributed by atoms with van der Waals surface area (Å²) in [6.45, 7) is 0.693. The Bertz CT molecular complexity index is 866. The van der Waals surface area contributed by atoms with E-state index in [4.69, 9.17) is 0 Å². The summed E-state index contributed by atoms with van der Waals surface area (Å²) >= 11 is 0. The van der Waals surface area contributed by atoms with Crippen molar-refractivity contribution in [2.75, 3.05) is 0 Å². The summed E-state index contributed by atoms with van der Waals surface area (Å²) in [5, 5.41) is 0. The van der Waals surface area contributed by atoms with Gasteiger partial charge in [0.2, 0.25) is 0 Å². The second kappa shape index (κ2) is 8.06. The van der Waals surface area contributed by atoms with Crippen LogP contribution in [0.4, 0.5) is 0 Å². The van der Waals surface area contributed by atoms with Crippen molar-refractivity contribution >= 4 is 10.2 Å². The van der Waals surface area contributed by atoms with E-state index in [9.17, 15) is 8.42 Å². The minimum atomic E-state index is -3.66. The fourth-order valence-electron chi connectivity index (χ4n) is 2.50. The van der Waals surface area contributed by atoms with Crippen molar-refractivity contribution in [3.05, 3.63) is 90.5 Å². The average Bonchev–Trinajstić information content (AvgIpc) is 3.14. The fraction of sp³-hybridized carbons (Fsp3) is 0.167. The third-order valence-corrected chi connectivity index (χ3v) is 4.88. The van der Waals surface area contributed by atoms with Crippen molar-refractivity contribution in [3.63, 3.8) is 0 Å². The number of hydrogen-bond donors (Lipinski definition) is 2. The van der Waals surface area contributed by atoms with Crippen LogP contribution in [0.25, 0.3) is 0 Å². The molecule has 3 rings (SSSR count). The van der Waals surface area contributed by atoms with Gasteiger partial charge in [0.05, 0.1) is 12.4 Å². The minimum Gasteiger partial charge on any atom is -0.336 e. The molecule has 1 heterocycles. The van der Waals surface area contributed by atoms with E-state index in [2.05, 4.69) is 14.4 Å². The molecule has 0 bridgehead atoms. The van der Waals surface area contributed by atoms with Crippen LogP contribution >= 0.6 is 0 Å². The predicted molar refractivity (Wildman–Crippen MR) is 96.7 cm³/mol. The summed E-state index contributed by atoms with van der Waals surface area (Å²) in [6.07, 6.45) is 5.15. The van der Waals surface area contributed by atoms with Crippen molar-refractivity contribution < 1.29 is 8.42 Å². The number of nitrogens with zero attached hydrogens (tertiary/aromatic N) is 2. The lowest BCUT2D eigenvalue weighted by molar-refractivity contribution is 0.502.